The highest BCUT2D eigenvalue weighted by molar-refractivity contribution is 5.89. The average molecular weight is 587 g/mol. The Balaban J connectivity index is 1.04. The summed E-state index contributed by atoms with van der Waals surface area (Å²) < 4.78 is 5.85. The highest BCUT2D eigenvalue weighted by Crippen LogP contribution is 2.31. The van der Waals surface area contributed by atoms with E-state index in [1.807, 2.05) is 37.4 Å². The van der Waals surface area contributed by atoms with E-state index in [0.717, 1.165) is 102 Å². The van der Waals surface area contributed by atoms with Gasteiger partial charge in [0.25, 0.3) is 0 Å². The van der Waals surface area contributed by atoms with E-state index in [2.05, 4.69) is 74.3 Å². The molecule has 0 spiro atoms. The Labute approximate surface area is 258 Å². The van der Waals surface area contributed by atoms with Gasteiger partial charge in [-0.15, -0.1) is 0 Å². The number of aromatic amines is 1. The average Bonchev–Trinajstić information content (AvgIpc) is 3.70. The fraction of sp³-hybridized carbons (Fsp3) is 0.333. The van der Waals surface area contributed by atoms with Crippen molar-refractivity contribution >= 4 is 16.9 Å². The van der Waals surface area contributed by atoms with Gasteiger partial charge in [-0.05, 0) is 81.2 Å². The second kappa shape index (κ2) is 12.3. The lowest BCUT2D eigenvalue weighted by atomic mass is 9.97. The van der Waals surface area contributed by atoms with E-state index >= 15 is 0 Å². The molecular weight excluding hydrogens is 548 g/mol. The van der Waals surface area contributed by atoms with Gasteiger partial charge in [-0.1, -0.05) is 36.4 Å². The number of piperidine rings is 1. The molecule has 2 atom stereocenters. The fourth-order valence-electron chi connectivity index (χ4n) is 6.53. The summed E-state index contributed by atoms with van der Waals surface area (Å²) in [5.41, 5.74) is 9.03. The van der Waals surface area contributed by atoms with Crippen molar-refractivity contribution in [3.8, 4) is 33.8 Å². The molecule has 3 aromatic heterocycles. The minimum absolute atomic E-state index is 0.0207. The summed E-state index contributed by atoms with van der Waals surface area (Å²) in [6.45, 7) is 6.44. The van der Waals surface area contributed by atoms with E-state index in [9.17, 15) is 4.79 Å². The number of benzene rings is 2. The number of rotatable bonds is 7. The third-order valence-electron chi connectivity index (χ3n) is 8.90. The van der Waals surface area contributed by atoms with Crippen molar-refractivity contribution in [1.82, 2.24) is 29.7 Å². The highest BCUT2D eigenvalue weighted by Gasteiger charge is 2.30. The molecule has 44 heavy (non-hydrogen) atoms. The van der Waals surface area contributed by atoms with Crippen LogP contribution in [0.3, 0.4) is 0 Å². The van der Waals surface area contributed by atoms with Crippen molar-refractivity contribution in [2.24, 2.45) is 5.92 Å². The number of H-pyrrole nitrogens is 1. The van der Waals surface area contributed by atoms with Crippen LogP contribution in [0.1, 0.15) is 30.5 Å². The number of nitrogens with zero attached hydrogens (tertiary/aromatic N) is 5. The molecule has 1 N–H and O–H groups in total. The molecule has 0 amide bonds. The van der Waals surface area contributed by atoms with Crippen LogP contribution >= 0.6 is 0 Å². The van der Waals surface area contributed by atoms with Gasteiger partial charge in [-0.2, -0.15) is 0 Å². The number of carbonyl (C=O) groups excluding carboxylic acids is 1. The number of carbonyl (C=O) groups is 1. The zero-order valence-corrected chi connectivity index (χ0v) is 25.4. The van der Waals surface area contributed by atoms with E-state index in [4.69, 9.17) is 9.72 Å². The summed E-state index contributed by atoms with van der Waals surface area (Å²) >= 11 is 0. The molecule has 0 aliphatic carbocycles. The molecule has 8 heteroatoms. The van der Waals surface area contributed by atoms with Crippen molar-refractivity contribution in [2.75, 3.05) is 33.2 Å². The van der Waals surface area contributed by atoms with Crippen LogP contribution in [-0.2, 0) is 16.1 Å². The molecule has 2 aliphatic heterocycles. The smallest absolute Gasteiger partial charge is 0.310 e. The molecule has 224 valence electrons. The topological polar surface area (TPSA) is 87.2 Å². The van der Waals surface area contributed by atoms with Crippen molar-refractivity contribution in [1.29, 1.82) is 0 Å². The van der Waals surface area contributed by atoms with Crippen LogP contribution in [0.2, 0.25) is 0 Å². The van der Waals surface area contributed by atoms with Gasteiger partial charge in [0.1, 0.15) is 6.10 Å². The normalized spacial score (nSPS) is 19.4. The summed E-state index contributed by atoms with van der Waals surface area (Å²) in [6.07, 6.45) is 6.59. The highest BCUT2D eigenvalue weighted by atomic mass is 16.5. The Morgan fingerprint density at radius 1 is 0.955 bits per heavy atom. The van der Waals surface area contributed by atoms with Gasteiger partial charge in [0.2, 0.25) is 0 Å². The van der Waals surface area contributed by atoms with E-state index in [-0.39, 0.29) is 18.0 Å². The molecule has 2 aromatic carbocycles. The lowest BCUT2D eigenvalue weighted by Crippen LogP contribution is -2.40. The van der Waals surface area contributed by atoms with E-state index in [0.29, 0.717) is 0 Å². The maximum absolute atomic E-state index is 12.9. The third kappa shape index (κ3) is 6.14. The number of imidazole rings is 1. The minimum atomic E-state index is -0.0342. The molecule has 0 bridgehead atoms. The first-order valence-corrected chi connectivity index (χ1v) is 15.6. The number of likely N-dealkylation sites (N-methyl/N-ethyl adjacent to an activating group) is 1. The first-order chi connectivity index (χ1) is 21.5. The Morgan fingerprint density at radius 2 is 1.80 bits per heavy atom. The van der Waals surface area contributed by atoms with Gasteiger partial charge in [-0.25, -0.2) is 4.98 Å². The van der Waals surface area contributed by atoms with E-state index in [1.165, 1.54) is 5.56 Å². The molecule has 2 aliphatic rings. The largest absolute Gasteiger partial charge is 0.461 e. The van der Waals surface area contributed by atoms with Crippen LogP contribution in [0.25, 0.3) is 44.7 Å². The molecule has 5 aromatic rings. The van der Waals surface area contributed by atoms with E-state index < -0.39 is 0 Å². The van der Waals surface area contributed by atoms with Crippen molar-refractivity contribution < 1.29 is 9.53 Å². The summed E-state index contributed by atoms with van der Waals surface area (Å²) in [4.78, 5) is 34.8. The van der Waals surface area contributed by atoms with Crippen molar-refractivity contribution in [2.45, 2.75) is 38.8 Å². The van der Waals surface area contributed by atoms with Crippen LogP contribution < -0.4 is 0 Å². The Kier molecular flexibility index (Phi) is 7.93. The third-order valence-corrected chi connectivity index (χ3v) is 8.90. The number of nitrogens with one attached hydrogen (secondary N) is 1. The number of fused-ring (bicyclic) bond motifs is 1. The van der Waals surface area contributed by atoms with Gasteiger partial charge in [0.05, 0.1) is 34.8 Å². The van der Waals surface area contributed by atoms with Gasteiger partial charge in [-0.3, -0.25) is 19.7 Å². The maximum Gasteiger partial charge on any atom is 0.310 e. The van der Waals surface area contributed by atoms with Gasteiger partial charge in [0.15, 0.2) is 0 Å². The molecule has 5 heterocycles. The Morgan fingerprint density at radius 3 is 2.61 bits per heavy atom. The summed E-state index contributed by atoms with van der Waals surface area (Å²) in [5.74, 6) is -0.0548. The predicted molar refractivity (Wildman–Crippen MR) is 173 cm³/mol. The lowest BCUT2D eigenvalue weighted by Gasteiger charge is -2.32. The number of likely N-dealkylation sites (tertiary alicyclic amines) is 2. The number of pyridine rings is 2. The van der Waals surface area contributed by atoms with Crippen molar-refractivity contribution in [3.63, 3.8) is 0 Å². The second-order valence-corrected chi connectivity index (χ2v) is 12.3. The number of aromatic nitrogens is 4. The fourth-order valence-corrected chi connectivity index (χ4v) is 6.53. The zero-order valence-electron chi connectivity index (χ0n) is 25.4. The Bertz CT molecular complexity index is 1780. The van der Waals surface area contributed by atoms with Crippen LogP contribution in [0, 0.1) is 12.8 Å². The number of ether oxygens (including phenoxy) is 1. The zero-order chi connectivity index (χ0) is 30.0. The molecule has 2 fully saturated rings. The van der Waals surface area contributed by atoms with Crippen LogP contribution in [0.4, 0.5) is 0 Å². The first-order valence-electron chi connectivity index (χ1n) is 15.6. The number of hydrogen-bond donors (Lipinski definition) is 1. The predicted octanol–water partition coefficient (Wildman–Crippen LogP) is 6.12. The number of esters is 1. The quantitative estimate of drug-likeness (QED) is 0.230. The molecule has 0 saturated carbocycles. The number of aryl methyl sites for hydroxylation is 1. The number of hydrogen-bond acceptors (Lipinski definition) is 7. The summed E-state index contributed by atoms with van der Waals surface area (Å²) in [6, 6.07) is 23.2. The monoisotopic (exact) mass is 586 g/mol. The first kappa shape index (κ1) is 28.4. The van der Waals surface area contributed by atoms with Crippen molar-refractivity contribution in [3.05, 3.63) is 90.5 Å². The minimum Gasteiger partial charge on any atom is -0.461 e. The SMILES string of the molecule is Cc1cccc(-c2[nH]cnc2-c2ccc3ncc(-c4ccc(CN5CCC[C@H](C(=O)O[C@H]6CCN(C)C6)C5)cc4)cc3c2)n1. The maximum atomic E-state index is 12.9. The van der Waals surface area contributed by atoms with Gasteiger partial charge < -0.3 is 14.6 Å². The molecule has 2 saturated heterocycles. The lowest BCUT2D eigenvalue weighted by molar-refractivity contribution is -0.155. The van der Waals surface area contributed by atoms with Gasteiger partial charge in [0, 0.05) is 54.6 Å². The molecule has 0 unspecified atom stereocenters. The van der Waals surface area contributed by atoms with Crippen LogP contribution in [-0.4, -0.2) is 75.0 Å². The van der Waals surface area contributed by atoms with E-state index in [1.54, 1.807) is 6.33 Å². The summed E-state index contributed by atoms with van der Waals surface area (Å²) in [5, 5.41) is 1.06. The molecule has 0 radical (unpaired) electrons. The Hall–Kier alpha value is -4.40. The van der Waals surface area contributed by atoms with Gasteiger partial charge >= 0.3 is 5.97 Å². The molecular formula is C36H38N6O2. The van der Waals surface area contributed by atoms with Crippen LogP contribution in [0.5, 0.6) is 0 Å². The molecule has 7 rings (SSSR count). The standard InChI is InChI=1S/C36H38N6O2/c1-24-5-3-7-33(40-24)35-34(38-23-39-35)27-12-13-32-29(17-27)18-30(19-37-32)26-10-8-25(9-11-26)20-42-15-4-6-28(21-42)36(43)44-31-14-16-41(2)22-31/h3,5,7-13,17-19,23,28,31H,4,6,14-16,20-22H2,1-2H3,(H,38,39)/t28-,31-/m0/s1. The second-order valence-electron chi connectivity index (χ2n) is 12.3. The van der Waals surface area contributed by atoms with Crippen LogP contribution in [0.15, 0.2) is 79.3 Å². The molecule has 8 nitrogen and oxygen atoms in total. The summed E-state index contributed by atoms with van der Waals surface area (Å²) in [7, 11) is 2.08.